The van der Waals surface area contributed by atoms with Crippen LogP contribution in [0.1, 0.15) is 17.8 Å². The van der Waals surface area contributed by atoms with Crippen molar-refractivity contribution in [3.8, 4) is 0 Å². The zero-order chi connectivity index (χ0) is 10.7. The topological polar surface area (TPSA) is 46.5 Å². The third-order valence-electron chi connectivity index (χ3n) is 2.19. The maximum Gasteiger partial charge on any atom is 0.195 e. The van der Waals surface area contributed by atoms with Crippen molar-refractivity contribution in [3.05, 3.63) is 27.2 Å². The molecule has 0 aliphatic carbocycles. The Kier molecular flexibility index (Phi) is 3.27. The molecule has 2 rings (SSSR count). The molecule has 4 nitrogen and oxygen atoms in total. The standard InChI is InChI=1S/C9H12N4S2/c1-2-7-11-12-9(14)13(7)5-3-8-10-4-6-15-8/h4,6H,2-3,5H2,1H3,(H,12,14). The second kappa shape index (κ2) is 4.67. The number of rotatable bonds is 4. The zero-order valence-corrected chi connectivity index (χ0v) is 10.1. The van der Waals surface area contributed by atoms with E-state index in [9.17, 15) is 0 Å². The Morgan fingerprint density at radius 2 is 2.47 bits per heavy atom. The number of aryl methyl sites for hydroxylation is 2. The molecule has 2 aromatic heterocycles. The summed E-state index contributed by atoms with van der Waals surface area (Å²) in [4.78, 5) is 4.24. The van der Waals surface area contributed by atoms with E-state index in [1.165, 1.54) is 0 Å². The summed E-state index contributed by atoms with van der Waals surface area (Å²) in [6, 6.07) is 0. The fourth-order valence-corrected chi connectivity index (χ4v) is 2.29. The molecule has 0 spiro atoms. The van der Waals surface area contributed by atoms with Crippen molar-refractivity contribution >= 4 is 23.6 Å². The molecule has 0 saturated heterocycles. The smallest absolute Gasteiger partial charge is 0.195 e. The first kappa shape index (κ1) is 10.5. The van der Waals surface area contributed by atoms with Gasteiger partial charge in [-0.2, -0.15) is 5.10 Å². The van der Waals surface area contributed by atoms with Crippen LogP contribution >= 0.6 is 23.6 Å². The van der Waals surface area contributed by atoms with Gasteiger partial charge in [-0.05, 0) is 12.2 Å². The van der Waals surface area contributed by atoms with Gasteiger partial charge in [-0.25, -0.2) is 4.98 Å². The highest BCUT2D eigenvalue weighted by atomic mass is 32.1. The quantitative estimate of drug-likeness (QED) is 0.833. The van der Waals surface area contributed by atoms with Crippen molar-refractivity contribution in [2.45, 2.75) is 26.3 Å². The molecule has 0 unspecified atom stereocenters. The first-order valence-electron chi connectivity index (χ1n) is 4.83. The third-order valence-corrected chi connectivity index (χ3v) is 3.34. The Balaban J connectivity index is 2.10. The lowest BCUT2D eigenvalue weighted by molar-refractivity contribution is 0.647. The highest BCUT2D eigenvalue weighted by Crippen LogP contribution is 2.07. The van der Waals surface area contributed by atoms with E-state index >= 15 is 0 Å². The van der Waals surface area contributed by atoms with Crippen molar-refractivity contribution in [2.75, 3.05) is 0 Å². The molecule has 2 aromatic rings. The predicted molar refractivity (Wildman–Crippen MR) is 62.6 cm³/mol. The lowest BCUT2D eigenvalue weighted by atomic mass is 10.4. The van der Waals surface area contributed by atoms with Crippen LogP contribution in [-0.2, 0) is 19.4 Å². The van der Waals surface area contributed by atoms with Gasteiger partial charge in [0.1, 0.15) is 5.82 Å². The normalized spacial score (nSPS) is 10.7. The molecule has 0 radical (unpaired) electrons. The minimum Gasteiger partial charge on any atom is -0.304 e. The van der Waals surface area contributed by atoms with Crippen molar-refractivity contribution in [2.24, 2.45) is 0 Å². The van der Waals surface area contributed by atoms with Gasteiger partial charge < -0.3 is 4.57 Å². The van der Waals surface area contributed by atoms with Crippen molar-refractivity contribution in [3.63, 3.8) is 0 Å². The Labute approximate surface area is 97.0 Å². The molecule has 0 atom stereocenters. The van der Waals surface area contributed by atoms with E-state index in [-0.39, 0.29) is 0 Å². The van der Waals surface area contributed by atoms with Gasteiger partial charge in [-0.15, -0.1) is 11.3 Å². The van der Waals surface area contributed by atoms with Crippen LogP contribution in [0.15, 0.2) is 11.6 Å². The van der Waals surface area contributed by atoms with E-state index in [1.54, 1.807) is 11.3 Å². The highest BCUT2D eigenvalue weighted by molar-refractivity contribution is 7.71. The third kappa shape index (κ3) is 2.32. The van der Waals surface area contributed by atoms with Crippen LogP contribution < -0.4 is 0 Å². The van der Waals surface area contributed by atoms with Crippen molar-refractivity contribution in [1.82, 2.24) is 19.7 Å². The van der Waals surface area contributed by atoms with Crippen molar-refractivity contribution in [1.29, 1.82) is 0 Å². The summed E-state index contributed by atoms with van der Waals surface area (Å²) in [5.74, 6) is 1.01. The predicted octanol–water partition coefficient (Wildman–Crippen LogP) is 2.20. The van der Waals surface area contributed by atoms with Crippen molar-refractivity contribution < 1.29 is 0 Å². The Bertz CT molecular complexity index is 469. The number of H-pyrrole nitrogens is 1. The first-order chi connectivity index (χ1) is 7.31. The second-order valence-corrected chi connectivity index (χ2v) is 4.49. The lowest BCUT2D eigenvalue weighted by Crippen LogP contribution is -2.05. The largest absolute Gasteiger partial charge is 0.304 e. The second-order valence-electron chi connectivity index (χ2n) is 3.13. The average molecular weight is 240 g/mol. The van der Waals surface area contributed by atoms with Gasteiger partial charge >= 0.3 is 0 Å². The van der Waals surface area contributed by atoms with E-state index in [0.717, 1.165) is 30.2 Å². The molecular formula is C9H12N4S2. The van der Waals surface area contributed by atoms with Gasteiger partial charge in [-0.3, -0.25) is 5.10 Å². The Morgan fingerprint density at radius 1 is 1.60 bits per heavy atom. The van der Waals surface area contributed by atoms with Gasteiger partial charge in [0.15, 0.2) is 4.77 Å². The monoisotopic (exact) mass is 240 g/mol. The van der Waals surface area contributed by atoms with E-state index in [1.807, 2.05) is 16.1 Å². The number of hydrogen-bond acceptors (Lipinski definition) is 4. The summed E-state index contributed by atoms with van der Waals surface area (Å²) in [6.07, 6.45) is 3.64. The number of thiazole rings is 1. The van der Waals surface area contributed by atoms with Gasteiger partial charge in [0.25, 0.3) is 0 Å². The van der Waals surface area contributed by atoms with E-state index in [4.69, 9.17) is 12.2 Å². The first-order valence-corrected chi connectivity index (χ1v) is 6.12. The van der Waals surface area contributed by atoms with Gasteiger partial charge in [0.2, 0.25) is 0 Å². The number of hydrogen-bond donors (Lipinski definition) is 1. The molecule has 0 aliphatic heterocycles. The SMILES string of the molecule is CCc1n[nH]c(=S)n1CCc1nccs1. The molecule has 1 N–H and O–H groups in total. The van der Waals surface area contributed by atoms with Gasteiger partial charge in [-0.1, -0.05) is 6.92 Å². The van der Waals surface area contributed by atoms with Crippen LogP contribution in [0.3, 0.4) is 0 Å². The molecule has 6 heteroatoms. The molecule has 80 valence electrons. The molecule has 0 fully saturated rings. The molecule has 0 bridgehead atoms. The summed E-state index contributed by atoms with van der Waals surface area (Å²) < 4.78 is 2.74. The maximum absolute atomic E-state index is 5.16. The van der Waals surface area contributed by atoms with E-state index < -0.39 is 0 Å². The van der Waals surface area contributed by atoms with E-state index in [2.05, 4.69) is 22.1 Å². The number of nitrogens with zero attached hydrogens (tertiary/aromatic N) is 3. The summed E-state index contributed by atoms with van der Waals surface area (Å²) in [7, 11) is 0. The summed E-state index contributed by atoms with van der Waals surface area (Å²) in [6.45, 7) is 2.93. The van der Waals surface area contributed by atoms with E-state index in [0.29, 0.717) is 4.77 Å². The fourth-order valence-electron chi connectivity index (χ4n) is 1.43. The molecule has 0 saturated carbocycles. The highest BCUT2D eigenvalue weighted by Gasteiger charge is 2.04. The molecular weight excluding hydrogens is 228 g/mol. The average Bonchev–Trinajstić information content (AvgIpc) is 2.84. The zero-order valence-electron chi connectivity index (χ0n) is 8.43. The van der Waals surface area contributed by atoms with Gasteiger partial charge in [0.05, 0.1) is 5.01 Å². The lowest BCUT2D eigenvalue weighted by Gasteiger charge is -2.02. The van der Waals surface area contributed by atoms with Gasteiger partial charge in [0, 0.05) is 31.0 Å². The van der Waals surface area contributed by atoms with Crippen LogP contribution in [0.25, 0.3) is 0 Å². The summed E-state index contributed by atoms with van der Waals surface area (Å²) in [5, 5.41) is 10.1. The van der Waals surface area contributed by atoms with Crippen LogP contribution in [0.5, 0.6) is 0 Å². The molecule has 0 amide bonds. The van der Waals surface area contributed by atoms with Crippen LogP contribution in [0, 0.1) is 4.77 Å². The van der Waals surface area contributed by atoms with Crippen LogP contribution in [-0.4, -0.2) is 19.7 Å². The molecule has 15 heavy (non-hydrogen) atoms. The summed E-state index contributed by atoms with van der Waals surface area (Å²) >= 11 is 6.84. The van der Waals surface area contributed by atoms with Crippen LogP contribution in [0.2, 0.25) is 0 Å². The Hall–Kier alpha value is -1.01. The number of aromatic nitrogens is 4. The molecule has 0 aromatic carbocycles. The maximum atomic E-state index is 5.16. The molecule has 0 aliphatic rings. The minimum atomic E-state index is 0.698. The summed E-state index contributed by atoms with van der Waals surface area (Å²) in [5.41, 5.74) is 0. The minimum absolute atomic E-state index is 0.698. The fraction of sp³-hybridized carbons (Fsp3) is 0.444. The Morgan fingerprint density at radius 3 is 3.13 bits per heavy atom. The number of nitrogens with one attached hydrogen (secondary N) is 1. The van der Waals surface area contributed by atoms with Crippen LogP contribution in [0.4, 0.5) is 0 Å². The molecule has 2 heterocycles. The number of aromatic amines is 1.